The van der Waals surface area contributed by atoms with Gasteiger partial charge < -0.3 is 19.3 Å². The van der Waals surface area contributed by atoms with Gasteiger partial charge in [-0.3, -0.25) is 28.4 Å². The first kappa shape index (κ1) is 40.0. The summed E-state index contributed by atoms with van der Waals surface area (Å²) in [5.74, 6) is -0.874. The molecule has 1 aromatic heterocycles. The van der Waals surface area contributed by atoms with E-state index in [4.69, 9.17) is 23.5 Å². The Hall–Kier alpha value is -3.20. The quantitative estimate of drug-likeness (QED) is 0.208. The minimum absolute atomic E-state index is 0.0216. The Labute approximate surface area is 307 Å². The Morgan fingerprint density at radius 3 is 1.96 bits per heavy atom. The maximum atomic E-state index is 14.4. The highest BCUT2D eigenvalue weighted by Crippen LogP contribution is 2.52. The molecule has 286 valence electrons. The van der Waals surface area contributed by atoms with Crippen LogP contribution < -0.4 is 17.0 Å². The average molecular weight is 777 g/mol. The van der Waals surface area contributed by atoms with Crippen LogP contribution in [0.3, 0.4) is 0 Å². The van der Waals surface area contributed by atoms with Crippen LogP contribution in [0.2, 0.25) is 36.3 Å². The van der Waals surface area contributed by atoms with E-state index in [1.807, 2.05) is 47.0 Å². The number of hydrogen-bond donors (Lipinski definition) is 1. The molecule has 0 bridgehead atoms. The largest absolute Gasteiger partial charge is 0.414 e. The van der Waals surface area contributed by atoms with Crippen LogP contribution in [0, 0.1) is 6.92 Å². The van der Waals surface area contributed by atoms with E-state index in [1.54, 1.807) is 31.2 Å². The van der Waals surface area contributed by atoms with Crippen molar-refractivity contribution in [1.29, 1.82) is 0 Å². The van der Waals surface area contributed by atoms with E-state index in [0.717, 1.165) is 14.9 Å². The molecule has 1 aromatic carbocycles. The molecular formula is C35H52N4O10SSi2. The number of carbonyl (C=O) groups is 2. The first-order valence-corrected chi connectivity index (χ1v) is 24.7. The number of imide groups is 1. The first-order chi connectivity index (χ1) is 23.8. The van der Waals surface area contributed by atoms with Gasteiger partial charge in [0.2, 0.25) is 0 Å². The second-order valence-electron chi connectivity index (χ2n) is 16.9. The normalized spacial score (nSPS) is 24.9. The Morgan fingerprint density at radius 1 is 0.904 bits per heavy atom. The maximum Gasteiger partial charge on any atom is 0.333 e. The van der Waals surface area contributed by atoms with Gasteiger partial charge in [-0.2, -0.15) is 8.42 Å². The van der Waals surface area contributed by atoms with Crippen molar-refractivity contribution in [2.45, 2.75) is 122 Å². The summed E-state index contributed by atoms with van der Waals surface area (Å²) in [5.41, 5.74) is 4.07. The summed E-state index contributed by atoms with van der Waals surface area (Å²) in [4.78, 5) is 54.8. The van der Waals surface area contributed by atoms with Crippen LogP contribution in [0.5, 0.6) is 0 Å². The molecule has 2 amide bonds. The van der Waals surface area contributed by atoms with Gasteiger partial charge in [0, 0.05) is 24.8 Å². The summed E-state index contributed by atoms with van der Waals surface area (Å²) in [6.45, 7) is 21.6. The summed E-state index contributed by atoms with van der Waals surface area (Å²) >= 11 is 0. The van der Waals surface area contributed by atoms with Gasteiger partial charge in [-0.15, -0.1) is 0 Å². The number of nitrogens with zero attached hydrogens (tertiary/aromatic N) is 3. The zero-order valence-corrected chi connectivity index (χ0v) is 34.8. The molecule has 0 radical (unpaired) electrons. The Bertz CT molecular complexity index is 2010. The van der Waals surface area contributed by atoms with Crippen LogP contribution in [0.15, 0.2) is 51.2 Å². The van der Waals surface area contributed by atoms with Gasteiger partial charge in [-0.05, 0) is 61.7 Å². The lowest BCUT2D eigenvalue weighted by molar-refractivity contribution is -0.0567. The predicted molar refractivity (Wildman–Crippen MR) is 200 cm³/mol. The van der Waals surface area contributed by atoms with Crippen molar-refractivity contribution in [1.82, 2.24) is 14.0 Å². The number of fused-ring (bicyclic) bond motifs is 1. The molecule has 1 fully saturated rings. The summed E-state index contributed by atoms with van der Waals surface area (Å²) in [6.07, 6.45) is -2.19. The summed E-state index contributed by atoms with van der Waals surface area (Å²) in [6, 6.07) is 6.53. The smallest absolute Gasteiger partial charge is 0.333 e. The molecule has 4 heterocycles. The molecule has 5 rings (SSSR count). The summed E-state index contributed by atoms with van der Waals surface area (Å²) in [7, 11) is -9.51. The van der Waals surface area contributed by atoms with E-state index in [1.165, 1.54) is 10.8 Å². The van der Waals surface area contributed by atoms with E-state index in [0.29, 0.717) is 11.1 Å². The maximum absolute atomic E-state index is 14.4. The number of hydrogen-bond acceptors (Lipinski definition) is 11. The Kier molecular flexibility index (Phi) is 10.2. The second-order valence-corrected chi connectivity index (χ2v) is 27.9. The standard InChI is InChI=1S/C35H52N4O10SSi2/c1-22-19-39(32(43)38(28(22)40)18-14-17-37-29(41)23-15-12-13-16-24(23)30(37)42)31-27(48-52(10,11)34(5,6)7)35(25(36)21-50(44,45)49-35)26(47-31)20-46-51(8,9)33(2,3)4/h12-13,15-16,19,21,26-27,31H,14,17-18,20,36H2,1-11H3/t26?,27-,31+,35?/m0/s1. The van der Waals surface area contributed by atoms with Crippen molar-refractivity contribution in [2.75, 3.05) is 13.2 Å². The molecule has 17 heteroatoms. The highest BCUT2D eigenvalue weighted by Gasteiger charge is 2.67. The SMILES string of the molecule is Cc1cn([C@@H]2OC(CO[Si](C)(C)C(C)(C)C)C3(OS(=O)(=O)C=C3N)[C@H]2O[Si](C)(C)C(C)(C)C)c(=O)n(CCCN2C(=O)c3ccccc3C2=O)c1=O. The molecule has 2 N–H and O–H groups in total. The van der Waals surface area contributed by atoms with E-state index in [9.17, 15) is 27.6 Å². The monoisotopic (exact) mass is 776 g/mol. The minimum atomic E-state index is -4.29. The molecule has 2 aromatic rings. The van der Waals surface area contributed by atoms with Crippen LogP contribution in [0.1, 0.15) is 80.5 Å². The fourth-order valence-electron chi connectivity index (χ4n) is 6.18. The van der Waals surface area contributed by atoms with Gasteiger partial charge in [0.1, 0.15) is 12.2 Å². The molecule has 3 aliphatic rings. The van der Waals surface area contributed by atoms with Crippen molar-refractivity contribution in [3.8, 4) is 0 Å². The number of carbonyl (C=O) groups excluding carboxylic acids is 2. The van der Waals surface area contributed by atoms with Gasteiger partial charge in [0.05, 0.1) is 28.8 Å². The zero-order chi connectivity index (χ0) is 39.0. The van der Waals surface area contributed by atoms with Gasteiger partial charge in [0.15, 0.2) is 28.5 Å². The number of ether oxygens (including phenoxy) is 1. The third-order valence-corrected chi connectivity index (χ3v) is 21.4. The molecular weight excluding hydrogens is 725 g/mol. The van der Waals surface area contributed by atoms with Crippen LogP contribution in [0.4, 0.5) is 0 Å². The molecule has 1 spiro atoms. The molecule has 1 saturated heterocycles. The average Bonchev–Trinajstić information content (AvgIpc) is 3.55. The van der Waals surface area contributed by atoms with E-state index < -0.39 is 73.9 Å². The lowest BCUT2D eigenvalue weighted by Gasteiger charge is -2.43. The third-order valence-electron chi connectivity index (χ3n) is 11.4. The Morgan fingerprint density at radius 2 is 1.46 bits per heavy atom. The number of amides is 2. The van der Waals surface area contributed by atoms with Crippen molar-refractivity contribution in [3.05, 3.63) is 79.1 Å². The molecule has 0 saturated carbocycles. The molecule has 4 atom stereocenters. The fourth-order valence-corrected chi connectivity index (χ4v) is 9.69. The second kappa shape index (κ2) is 13.3. The lowest BCUT2D eigenvalue weighted by atomic mass is 9.89. The number of nitrogens with two attached hydrogens (primary N) is 1. The lowest BCUT2D eigenvalue weighted by Crippen LogP contribution is -2.59. The number of benzene rings is 1. The Balaban J connectivity index is 1.57. The number of rotatable bonds is 10. The molecule has 2 unspecified atom stereocenters. The minimum Gasteiger partial charge on any atom is -0.414 e. The summed E-state index contributed by atoms with van der Waals surface area (Å²) in [5, 5.41) is 0.290. The predicted octanol–water partition coefficient (Wildman–Crippen LogP) is 4.21. The topological polar surface area (TPSA) is 178 Å². The van der Waals surface area contributed by atoms with E-state index in [-0.39, 0.29) is 47.5 Å². The number of aromatic nitrogens is 2. The highest BCUT2D eigenvalue weighted by molar-refractivity contribution is 7.90. The van der Waals surface area contributed by atoms with E-state index in [2.05, 4.69) is 20.8 Å². The van der Waals surface area contributed by atoms with Crippen LogP contribution >= 0.6 is 0 Å². The van der Waals surface area contributed by atoms with Crippen molar-refractivity contribution in [2.24, 2.45) is 5.73 Å². The summed E-state index contributed by atoms with van der Waals surface area (Å²) < 4.78 is 54.6. The first-order valence-electron chi connectivity index (χ1n) is 17.4. The van der Waals surface area contributed by atoms with Crippen molar-refractivity contribution >= 4 is 38.6 Å². The van der Waals surface area contributed by atoms with Crippen LogP contribution in [-0.2, 0) is 34.4 Å². The van der Waals surface area contributed by atoms with E-state index >= 15 is 0 Å². The van der Waals surface area contributed by atoms with Gasteiger partial charge >= 0.3 is 5.69 Å². The van der Waals surface area contributed by atoms with Crippen LogP contribution in [-0.4, -0.2) is 81.9 Å². The van der Waals surface area contributed by atoms with Crippen LogP contribution in [0.25, 0.3) is 0 Å². The number of aryl methyl sites for hydroxylation is 1. The highest BCUT2D eigenvalue weighted by atomic mass is 32.2. The van der Waals surface area contributed by atoms with Crippen molar-refractivity contribution < 1.29 is 35.8 Å². The zero-order valence-electron chi connectivity index (χ0n) is 31.9. The molecule has 0 aliphatic carbocycles. The van der Waals surface area contributed by atoms with Gasteiger partial charge in [-0.1, -0.05) is 53.7 Å². The van der Waals surface area contributed by atoms with Gasteiger partial charge in [0.25, 0.3) is 27.5 Å². The molecule has 3 aliphatic heterocycles. The fraction of sp³-hybridized carbons (Fsp3) is 0.600. The van der Waals surface area contributed by atoms with Gasteiger partial charge in [-0.25, -0.2) is 8.98 Å². The molecule has 52 heavy (non-hydrogen) atoms. The van der Waals surface area contributed by atoms with Crippen molar-refractivity contribution in [3.63, 3.8) is 0 Å². The molecule has 14 nitrogen and oxygen atoms in total. The third kappa shape index (κ3) is 6.84.